The maximum absolute atomic E-state index is 4.09. The number of fused-ring (bicyclic) bond motifs is 1. The Kier molecular flexibility index (Phi) is 3.23. The quantitative estimate of drug-likeness (QED) is 0.760. The molecule has 1 aromatic heterocycles. The Hall–Kier alpha value is -1.88. The summed E-state index contributed by atoms with van der Waals surface area (Å²) in [5.41, 5.74) is 4.07. The predicted molar refractivity (Wildman–Crippen MR) is 70.2 cm³/mol. The highest BCUT2D eigenvalue weighted by atomic mass is 15.2. The molecule has 0 bridgehead atoms. The molecule has 5 heteroatoms. The van der Waals surface area contributed by atoms with Gasteiger partial charge in [-0.25, -0.2) is 4.98 Å². The summed E-state index contributed by atoms with van der Waals surface area (Å²) in [6, 6.07) is 6.52. The van der Waals surface area contributed by atoms with Crippen LogP contribution >= 0.6 is 0 Å². The normalized spacial score (nSPS) is 14.0. The van der Waals surface area contributed by atoms with Crippen molar-refractivity contribution in [1.29, 1.82) is 0 Å². The van der Waals surface area contributed by atoms with Crippen molar-refractivity contribution in [1.82, 2.24) is 20.5 Å². The molecule has 3 rings (SSSR count). The number of nitrogens with one attached hydrogen (secondary N) is 3. The van der Waals surface area contributed by atoms with Crippen molar-refractivity contribution in [3.05, 3.63) is 41.5 Å². The van der Waals surface area contributed by atoms with Crippen LogP contribution in [0, 0.1) is 0 Å². The van der Waals surface area contributed by atoms with E-state index >= 15 is 0 Å². The van der Waals surface area contributed by atoms with Crippen molar-refractivity contribution in [2.75, 3.05) is 11.9 Å². The van der Waals surface area contributed by atoms with Gasteiger partial charge in [-0.05, 0) is 24.0 Å². The number of anilines is 1. The third-order valence-corrected chi connectivity index (χ3v) is 3.23. The number of hydrogen-bond donors (Lipinski definition) is 3. The van der Waals surface area contributed by atoms with Crippen LogP contribution in [0.15, 0.2) is 24.5 Å². The van der Waals surface area contributed by atoms with Crippen molar-refractivity contribution in [2.24, 2.45) is 0 Å². The SMILES string of the molecule is c1cc2c(c(CNCc3ncn[nH]3)c1)NCCC2. The summed E-state index contributed by atoms with van der Waals surface area (Å²) in [5.74, 6) is 0.868. The van der Waals surface area contributed by atoms with Gasteiger partial charge in [-0.1, -0.05) is 18.2 Å². The van der Waals surface area contributed by atoms with Crippen LogP contribution in [0.4, 0.5) is 5.69 Å². The Labute approximate surface area is 106 Å². The van der Waals surface area contributed by atoms with Crippen LogP contribution in [0.5, 0.6) is 0 Å². The summed E-state index contributed by atoms with van der Waals surface area (Å²) in [6.45, 7) is 2.63. The van der Waals surface area contributed by atoms with E-state index in [4.69, 9.17) is 0 Å². The molecule has 0 saturated heterocycles. The molecule has 1 aliphatic heterocycles. The third-order valence-electron chi connectivity index (χ3n) is 3.23. The first-order valence-corrected chi connectivity index (χ1v) is 6.33. The van der Waals surface area contributed by atoms with E-state index in [0.717, 1.165) is 18.9 Å². The molecule has 2 aromatic rings. The first-order chi connectivity index (χ1) is 8.93. The van der Waals surface area contributed by atoms with Gasteiger partial charge in [0.25, 0.3) is 0 Å². The van der Waals surface area contributed by atoms with Crippen LogP contribution in [-0.4, -0.2) is 21.7 Å². The lowest BCUT2D eigenvalue weighted by Crippen LogP contribution is -2.18. The maximum Gasteiger partial charge on any atom is 0.138 e. The predicted octanol–water partition coefficient (Wildman–Crippen LogP) is 1.45. The summed E-state index contributed by atoms with van der Waals surface area (Å²) in [5, 5.41) is 13.6. The zero-order valence-electron chi connectivity index (χ0n) is 10.2. The minimum atomic E-state index is 0.712. The molecule has 1 aromatic carbocycles. The molecule has 2 heterocycles. The third kappa shape index (κ3) is 2.36. The average molecular weight is 243 g/mol. The molecular formula is C13H17N5. The Balaban J connectivity index is 1.65. The molecule has 1 aliphatic rings. The van der Waals surface area contributed by atoms with Gasteiger partial charge in [0, 0.05) is 18.8 Å². The molecule has 18 heavy (non-hydrogen) atoms. The van der Waals surface area contributed by atoms with Gasteiger partial charge < -0.3 is 10.6 Å². The van der Waals surface area contributed by atoms with Gasteiger partial charge in [-0.2, -0.15) is 5.10 Å². The van der Waals surface area contributed by atoms with E-state index in [1.807, 2.05) is 0 Å². The number of aryl methyl sites for hydroxylation is 1. The molecule has 0 unspecified atom stereocenters. The highest BCUT2D eigenvalue weighted by Crippen LogP contribution is 2.25. The fraction of sp³-hybridized carbons (Fsp3) is 0.385. The summed E-state index contributed by atoms with van der Waals surface area (Å²) < 4.78 is 0. The summed E-state index contributed by atoms with van der Waals surface area (Å²) >= 11 is 0. The molecule has 0 radical (unpaired) electrons. The maximum atomic E-state index is 4.09. The van der Waals surface area contributed by atoms with Gasteiger partial charge in [0.2, 0.25) is 0 Å². The number of para-hydroxylation sites is 1. The standard InChI is InChI=1S/C13H17N5/c1-3-10-5-2-6-15-13(10)11(4-1)7-14-8-12-16-9-17-18-12/h1,3-4,9,14-15H,2,5-8H2,(H,16,17,18). The number of nitrogens with zero attached hydrogens (tertiary/aromatic N) is 2. The first kappa shape index (κ1) is 11.2. The molecule has 3 N–H and O–H groups in total. The van der Waals surface area contributed by atoms with Crippen molar-refractivity contribution in [3.8, 4) is 0 Å². The van der Waals surface area contributed by atoms with E-state index in [9.17, 15) is 0 Å². The zero-order valence-corrected chi connectivity index (χ0v) is 10.2. The number of hydrogen-bond acceptors (Lipinski definition) is 4. The van der Waals surface area contributed by atoms with E-state index < -0.39 is 0 Å². The molecule has 0 spiro atoms. The minimum Gasteiger partial charge on any atom is -0.385 e. The molecule has 0 fully saturated rings. The summed E-state index contributed by atoms with van der Waals surface area (Å²) in [4.78, 5) is 4.09. The number of aromatic amines is 1. The Morgan fingerprint density at radius 3 is 3.17 bits per heavy atom. The van der Waals surface area contributed by atoms with Gasteiger partial charge in [-0.3, -0.25) is 5.10 Å². The van der Waals surface area contributed by atoms with Crippen molar-refractivity contribution >= 4 is 5.69 Å². The fourth-order valence-electron chi connectivity index (χ4n) is 2.36. The Morgan fingerprint density at radius 1 is 1.28 bits per heavy atom. The smallest absolute Gasteiger partial charge is 0.138 e. The minimum absolute atomic E-state index is 0.712. The zero-order chi connectivity index (χ0) is 12.2. The largest absolute Gasteiger partial charge is 0.385 e. The van der Waals surface area contributed by atoms with E-state index in [1.54, 1.807) is 0 Å². The summed E-state index contributed by atoms with van der Waals surface area (Å²) in [6.07, 6.45) is 3.93. The van der Waals surface area contributed by atoms with Crippen molar-refractivity contribution < 1.29 is 0 Å². The monoisotopic (exact) mass is 243 g/mol. The first-order valence-electron chi connectivity index (χ1n) is 6.33. The fourth-order valence-corrected chi connectivity index (χ4v) is 2.36. The highest BCUT2D eigenvalue weighted by molar-refractivity contribution is 5.59. The Bertz CT molecular complexity index is 506. The second-order valence-corrected chi connectivity index (χ2v) is 4.52. The number of benzene rings is 1. The number of aromatic nitrogens is 3. The molecule has 0 atom stereocenters. The van der Waals surface area contributed by atoms with Crippen LogP contribution in [0.1, 0.15) is 23.4 Å². The van der Waals surface area contributed by atoms with Gasteiger partial charge in [0.1, 0.15) is 12.2 Å². The second-order valence-electron chi connectivity index (χ2n) is 4.52. The van der Waals surface area contributed by atoms with E-state index in [-0.39, 0.29) is 0 Å². The van der Waals surface area contributed by atoms with Crippen LogP contribution in [-0.2, 0) is 19.5 Å². The van der Waals surface area contributed by atoms with Crippen molar-refractivity contribution in [3.63, 3.8) is 0 Å². The summed E-state index contributed by atoms with van der Waals surface area (Å²) in [7, 11) is 0. The van der Waals surface area contributed by atoms with E-state index in [0.29, 0.717) is 6.54 Å². The number of rotatable bonds is 4. The van der Waals surface area contributed by atoms with Crippen LogP contribution in [0.3, 0.4) is 0 Å². The lowest BCUT2D eigenvalue weighted by molar-refractivity contribution is 0.663. The average Bonchev–Trinajstić information content (AvgIpc) is 2.92. The van der Waals surface area contributed by atoms with Gasteiger partial charge in [0.15, 0.2) is 0 Å². The molecule has 0 saturated carbocycles. The van der Waals surface area contributed by atoms with Crippen LogP contribution in [0.2, 0.25) is 0 Å². The molecule has 94 valence electrons. The molecule has 0 aliphatic carbocycles. The lowest BCUT2D eigenvalue weighted by Gasteiger charge is -2.21. The molecular weight excluding hydrogens is 226 g/mol. The van der Waals surface area contributed by atoms with Gasteiger partial charge in [0.05, 0.1) is 6.54 Å². The van der Waals surface area contributed by atoms with Gasteiger partial charge in [-0.15, -0.1) is 0 Å². The molecule has 5 nitrogen and oxygen atoms in total. The van der Waals surface area contributed by atoms with E-state index in [2.05, 4.69) is 44.0 Å². The van der Waals surface area contributed by atoms with E-state index in [1.165, 1.54) is 36.0 Å². The lowest BCUT2D eigenvalue weighted by atomic mass is 9.99. The molecule has 0 amide bonds. The number of H-pyrrole nitrogens is 1. The van der Waals surface area contributed by atoms with Crippen molar-refractivity contribution in [2.45, 2.75) is 25.9 Å². The highest BCUT2D eigenvalue weighted by Gasteiger charge is 2.11. The second kappa shape index (κ2) is 5.18. The van der Waals surface area contributed by atoms with Gasteiger partial charge >= 0.3 is 0 Å². The topological polar surface area (TPSA) is 65.6 Å². The van der Waals surface area contributed by atoms with Crippen LogP contribution in [0.25, 0.3) is 0 Å². The Morgan fingerprint density at radius 2 is 2.28 bits per heavy atom. The van der Waals surface area contributed by atoms with Crippen LogP contribution < -0.4 is 10.6 Å².